The van der Waals surface area contributed by atoms with Gasteiger partial charge in [0.2, 0.25) is 10.0 Å². The second kappa shape index (κ2) is 6.35. The molecule has 0 bridgehead atoms. The highest BCUT2D eigenvalue weighted by molar-refractivity contribution is 7.89. The van der Waals surface area contributed by atoms with Gasteiger partial charge in [-0.1, -0.05) is 19.3 Å². The van der Waals surface area contributed by atoms with Crippen molar-refractivity contribution in [3.63, 3.8) is 0 Å². The Labute approximate surface area is 111 Å². The van der Waals surface area contributed by atoms with Gasteiger partial charge in [0.05, 0.1) is 5.75 Å². The molecule has 1 aliphatic heterocycles. The number of nitrogens with one attached hydrogen (secondary N) is 1. The standard InChI is InChI=1S/C13H26N2O2S/c1-14-11-13-5-8-15(9-6-13)18(16,17)10-7-12-3-2-4-12/h12-14H,2-11H2,1H3. The third-order valence-corrected chi connectivity index (χ3v) is 6.37. The molecule has 106 valence electrons. The van der Waals surface area contributed by atoms with Gasteiger partial charge < -0.3 is 5.32 Å². The minimum Gasteiger partial charge on any atom is -0.319 e. The van der Waals surface area contributed by atoms with Crippen LogP contribution in [0.2, 0.25) is 0 Å². The van der Waals surface area contributed by atoms with Crippen molar-refractivity contribution in [1.82, 2.24) is 9.62 Å². The number of rotatable bonds is 6. The average molecular weight is 274 g/mol. The molecule has 1 saturated carbocycles. The van der Waals surface area contributed by atoms with Crippen molar-refractivity contribution in [2.24, 2.45) is 11.8 Å². The minimum absolute atomic E-state index is 0.369. The molecule has 0 radical (unpaired) electrons. The molecule has 18 heavy (non-hydrogen) atoms. The molecule has 0 amide bonds. The van der Waals surface area contributed by atoms with Gasteiger partial charge in [-0.15, -0.1) is 0 Å². The van der Waals surface area contributed by atoms with E-state index in [0.29, 0.717) is 17.6 Å². The monoisotopic (exact) mass is 274 g/mol. The first kappa shape index (κ1) is 14.3. The van der Waals surface area contributed by atoms with Gasteiger partial charge in [-0.2, -0.15) is 0 Å². The van der Waals surface area contributed by atoms with Gasteiger partial charge in [-0.3, -0.25) is 0 Å². The maximum Gasteiger partial charge on any atom is 0.214 e. The van der Waals surface area contributed by atoms with E-state index >= 15 is 0 Å². The van der Waals surface area contributed by atoms with E-state index in [0.717, 1.165) is 38.9 Å². The highest BCUT2D eigenvalue weighted by Gasteiger charge is 2.29. The van der Waals surface area contributed by atoms with E-state index in [1.54, 1.807) is 4.31 Å². The highest BCUT2D eigenvalue weighted by Crippen LogP contribution is 2.30. The number of piperidine rings is 1. The van der Waals surface area contributed by atoms with Crippen molar-refractivity contribution in [3.05, 3.63) is 0 Å². The van der Waals surface area contributed by atoms with Crippen molar-refractivity contribution in [1.29, 1.82) is 0 Å². The normalized spacial score (nSPS) is 24.1. The zero-order chi connectivity index (χ0) is 13.0. The van der Waals surface area contributed by atoms with Crippen LogP contribution in [0.1, 0.15) is 38.5 Å². The molecule has 0 aromatic heterocycles. The first-order valence-electron chi connectivity index (χ1n) is 7.24. The lowest BCUT2D eigenvalue weighted by Crippen LogP contribution is -2.41. The van der Waals surface area contributed by atoms with E-state index in [1.807, 2.05) is 7.05 Å². The molecule has 0 aromatic carbocycles. The average Bonchev–Trinajstić information content (AvgIpc) is 2.28. The summed E-state index contributed by atoms with van der Waals surface area (Å²) in [6.45, 7) is 2.45. The van der Waals surface area contributed by atoms with E-state index in [9.17, 15) is 8.42 Å². The predicted octanol–water partition coefficient (Wildman–Crippen LogP) is 1.44. The Kier molecular flexibility index (Phi) is 5.04. The zero-order valence-corrected chi connectivity index (χ0v) is 12.2. The summed E-state index contributed by atoms with van der Waals surface area (Å²) in [6, 6.07) is 0. The van der Waals surface area contributed by atoms with Crippen LogP contribution in [0.3, 0.4) is 0 Å². The van der Waals surface area contributed by atoms with E-state index in [-0.39, 0.29) is 0 Å². The second-order valence-electron chi connectivity index (χ2n) is 5.80. The lowest BCUT2D eigenvalue weighted by atomic mass is 9.84. The summed E-state index contributed by atoms with van der Waals surface area (Å²) in [5, 5.41) is 3.18. The molecule has 5 heteroatoms. The SMILES string of the molecule is CNCC1CCN(S(=O)(=O)CCC2CCC2)CC1. The fourth-order valence-electron chi connectivity index (χ4n) is 2.91. The lowest BCUT2D eigenvalue weighted by molar-refractivity contribution is 0.266. The van der Waals surface area contributed by atoms with Crippen LogP contribution >= 0.6 is 0 Å². The molecule has 0 spiro atoms. The lowest BCUT2D eigenvalue weighted by Gasteiger charge is -2.32. The predicted molar refractivity (Wildman–Crippen MR) is 74.0 cm³/mol. The summed E-state index contributed by atoms with van der Waals surface area (Å²) in [7, 11) is -1.02. The van der Waals surface area contributed by atoms with E-state index in [1.165, 1.54) is 19.3 Å². The van der Waals surface area contributed by atoms with Crippen LogP contribution in [-0.2, 0) is 10.0 Å². The number of sulfonamides is 1. The van der Waals surface area contributed by atoms with Gasteiger partial charge in [-0.25, -0.2) is 12.7 Å². The minimum atomic E-state index is -2.98. The summed E-state index contributed by atoms with van der Waals surface area (Å²) < 4.78 is 26.1. The van der Waals surface area contributed by atoms with E-state index < -0.39 is 10.0 Å². The molecule has 2 rings (SSSR count). The summed E-state index contributed by atoms with van der Waals surface area (Å²) >= 11 is 0. The van der Waals surface area contributed by atoms with Crippen LogP contribution < -0.4 is 5.32 Å². The molecule has 2 aliphatic rings. The van der Waals surface area contributed by atoms with Gasteiger partial charge in [-0.05, 0) is 44.7 Å². The summed E-state index contributed by atoms with van der Waals surface area (Å²) in [5.74, 6) is 1.70. The fraction of sp³-hybridized carbons (Fsp3) is 1.00. The Morgan fingerprint density at radius 2 is 1.78 bits per heavy atom. The smallest absolute Gasteiger partial charge is 0.214 e. The number of nitrogens with zero attached hydrogens (tertiary/aromatic N) is 1. The van der Waals surface area contributed by atoms with Gasteiger partial charge >= 0.3 is 0 Å². The van der Waals surface area contributed by atoms with Crippen LogP contribution in [0, 0.1) is 11.8 Å². The quantitative estimate of drug-likeness (QED) is 0.797. The zero-order valence-electron chi connectivity index (χ0n) is 11.4. The first-order valence-corrected chi connectivity index (χ1v) is 8.85. The largest absolute Gasteiger partial charge is 0.319 e. The van der Waals surface area contributed by atoms with Crippen LogP contribution in [0.25, 0.3) is 0 Å². The molecule has 1 saturated heterocycles. The van der Waals surface area contributed by atoms with Crippen LogP contribution in [0.5, 0.6) is 0 Å². The Bertz CT molecular complexity index is 344. The molecule has 0 atom stereocenters. The summed E-state index contributed by atoms with van der Waals surface area (Å²) in [5.41, 5.74) is 0. The van der Waals surface area contributed by atoms with Crippen LogP contribution in [0.4, 0.5) is 0 Å². The van der Waals surface area contributed by atoms with Crippen LogP contribution in [0.15, 0.2) is 0 Å². The van der Waals surface area contributed by atoms with Gasteiger partial charge in [0, 0.05) is 13.1 Å². The molecule has 0 aromatic rings. The Morgan fingerprint density at radius 3 is 2.28 bits per heavy atom. The third-order valence-electron chi connectivity index (χ3n) is 4.47. The molecule has 1 heterocycles. The number of hydrogen-bond acceptors (Lipinski definition) is 3. The van der Waals surface area contributed by atoms with Crippen molar-refractivity contribution in [2.45, 2.75) is 38.5 Å². The van der Waals surface area contributed by atoms with Gasteiger partial charge in [0.1, 0.15) is 0 Å². The Morgan fingerprint density at radius 1 is 1.11 bits per heavy atom. The van der Waals surface area contributed by atoms with Crippen molar-refractivity contribution < 1.29 is 8.42 Å². The molecule has 2 fully saturated rings. The van der Waals surface area contributed by atoms with Crippen LogP contribution in [-0.4, -0.2) is 45.2 Å². The molecule has 1 N–H and O–H groups in total. The Balaban J connectivity index is 1.76. The van der Waals surface area contributed by atoms with Crippen molar-refractivity contribution >= 4 is 10.0 Å². The molecule has 0 unspecified atom stereocenters. The first-order chi connectivity index (χ1) is 8.62. The van der Waals surface area contributed by atoms with E-state index in [4.69, 9.17) is 0 Å². The second-order valence-corrected chi connectivity index (χ2v) is 7.89. The van der Waals surface area contributed by atoms with Crippen molar-refractivity contribution in [2.75, 3.05) is 32.4 Å². The molecule has 1 aliphatic carbocycles. The number of hydrogen-bond donors (Lipinski definition) is 1. The van der Waals surface area contributed by atoms with Gasteiger partial charge in [0.15, 0.2) is 0 Å². The third kappa shape index (κ3) is 3.68. The highest BCUT2D eigenvalue weighted by atomic mass is 32.2. The maximum atomic E-state index is 12.2. The molecule has 4 nitrogen and oxygen atoms in total. The maximum absolute atomic E-state index is 12.2. The molecular weight excluding hydrogens is 248 g/mol. The molecular formula is C13H26N2O2S. The van der Waals surface area contributed by atoms with Gasteiger partial charge in [0.25, 0.3) is 0 Å². The topological polar surface area (TPSA) is 49.4 Å². The Hall–Kier alpha value is -0.130. The summed E-state index contributed by atoms with van der Waals surface area (Å²) in [4.78, 5) is 0. The van der Waals surface area contributed by atoms with Crippen molar-refractivity contribution in [3.8, 4) is 0 Å². The van der Waals surface area contributed by atoms with E-state index in [2.05, 4.69) is 5.32 Å². The fourth-order valence-corrected chi connectivity index (χ4v) is 4.56. The summed E-state index contributed by atoms with van der Waals surface area (Å²) in [6.07, 6.45) is 6.64.